The summed E-state index contributed by atoms with van der Waals surface area (Å²) >= 11 is 0. The van der Waals surface area contributed by atoms with Crippen LogP contribution in [0.4, 0.5) is 5.69 Å². The maximum atomic E-state index is 12.4. The lowest BCUT2D eigenvalue weighted by molar-refractivity contribution is 0.104. The average molecular weight is 407 g/mol. The molecule has 0 heterocycles. The SMILES string of the molecule is COc1cccc(/C=C/C(=O)c2ccc(NS(=O)(=O)c3ccc(C)cc3)cc2)c1. The van der Waals surface area contributed by atoms with E-state index < -0.39 is 10.0 Å². The first kappa shape index (κ1) is 20.4. The van der Waals surface area contributed by atoms with Crippen LogP contribution in [-0.4, -0.2) is 21.3 Å². The van der Waals surface area contributed by atoms with E-state index in [4.69, 9.17) is 4.74 Å². The molecule has 148 valence electrons. The Morgan fingerprint density at radius 2 is 1.66 bits per heavy atom. The van der Waals surface area contributed by atoms with Gasteiger partial charge in [-0.05, 0) is 67.1 Å². The van der Waals surface area contributed by atoms with Crippen molar-refractivity contribution in [1.29, 1.82) is 0 Å². The second-order valence-corrected chi connectivity index (χ2v) is 8.15. The zero-order valence-electron chi connectivity index (χ0n) is 16.1. The van der Waals surface area contributed by atoms with Crippen LogP contribution in [0, 0.1) is 6.92 Å². The Labute approximate surface area is 170 Å². The van der Waals surface area contributed by atoms with Crippen molar-refractivity contribution in [2.75, 3.05) is 11.8 Å². The lowest BCUT2D eigenvalue weighted by atomic mass is 10.1. The summed E-state index contributed by atoms with van der Waals surface area (Å²) in [5, 5.41) is 0. The lowest BCUT2D eigenvalue weighted by Crippen LogP contribution is -2.13. The molecule has 29 heavy (non-hydrogen) atoms. The number of allylic oxidation sites excluding steroid dienone is 1. The molecule has 0 aliphatic carbocycles. The predicted octanol–water partition coefficient (Wildman–Crippen LogP) is 4.70. The number of ether oxygens (including phenoxy) is 1. The van der Waals surface area contributed by atoms with Crippen molar-refractivity contribution < 1.29 is 17.9 Å². The van der Waals surface area contributed by atoms with Crippen LogP contribution in [0.15, 0.2) is 83.8 Å². The minimum Gasteiger partial charge on any atom is -0.497 e. The first-order chi connectivity index (χ1) is 13.9. The number of ketones is 1. The fourth-order valence-electron chi connectivity index (χ4n) is 2.65. The van der Waals surface area contributed by atoms with E-state index in [1.165, 1.54) is 6.08 Å². The van der Waals surface area contributed by atoms with Gasteiger partial charge in [0.2, 0.25) is 0 Å². The first-order valence-electron chi connectivity index (χ1n) is 8.93. The molecule has 0 bridgehead atoms. The highest BCUT2D eigenvalue weighted by Gasteiger charge is 2.14. The zero-order valence-corrected chi connectivity index (χ0v) is 16.9. The summed E-state index contributed by atoms with van der Waals surface area (Å²) in [6, 6.07) is 20.3. The number of nitrogens with one attached hydrogen (secondary N) is 1. The van der Waals surface area contributed by atoms with Crippen LogP contribution >= 0.6 is 0 Å². The van der Waals surface area contributed by atoms with E-state index in [1.807, 2.05) is 31.2 Å². The van der Waals surface area contributed by atoms with Crippen LogP contribution in [0.5, 0.6) is 5.75 Å². The second-order valence-electron chi connectivity index (χ2n) is 6.47. The Kier molecular flexibility index (Phi) is 6.14. The molecule has 0 saturated heterocycles. The summed E-state index contributed by atoms with van der Waals surface area (Å²) in [4.78, 5) is 12.6. The molecular weight excluding hydrogens is 386 g/mol. The van der Waals surface area contributed by atoms with Gasteiger partial charge in [-0.3, -0.25) is 9.52 Å². The van der Waals surface area contributed by atoms with Gasteiger partial charge >= 0.3 is 0 Å². The molecule has 5 nitrogen and oxygen atoms in total. The van der Waals surface area contributed by atoms with Gasteiger partial charge in [-0.1, -0.05) is 35.9 Å². The molecule has 3 aromatic rings. The van der Waals surface area contributed by atoms with E-state index in [9.17, 15) is 13.2 Å². The third-order valence-electron chi connectivity index (χ3n) is 4.27. The molecule has 0 amide bonds. The van der Waals surface area contributed by atoms with Crippen LogP contribution in [-0.2, 0) is 10.0 Å². The molecule has 0 aromatic heterocycles. The lowest BCUT2D eigenvalue weighted by Gasteiger charge is -2.08. The third-order valence-corrected chi connectivity index (χ3v) is 5.67. The van der Waals surface area contributed by atoms with E-state index in [1.54, 1.807) is 61.7 Å². The highest BCUT2D eigenvalue weighted by Crippen LogP contribution is 2.18. The van der Waals surface area contributed by atoms with Gasteiger partial charge in [0, 0.05) is 11.3 Å². The number of carbonyl (C=O) groups is 1. The monoisotopic (exact) mass is 407 g/mol. The van der Waals surface area contributed by atoms with Crippen molar-refractivity contribution >= 4 is 27.6 Å². The maximum Gasteiger partial charge on any atom is 0.261 e. The number of methoxy groups -OCH3 is 1. The fourth-order valence-corrected chi connectivity index (χ4v) is 3.71. The summed E-state index contributed by atoms with van der Waals surface area (Å²) in [5.74, 6) is 0.533. The summed E-state index contributed by atoms with van der Waals surface area (Å²) in [6.45, 7) is 1.89. The number of hydrogen-bond acceptors (Lipinski definition) is 4. The maximum absolute atomic E-state index is 12.4. The van der Waals surface area contributed by atoms with Gasteiger partial charge in [0.25, 0.3) is 10.0 Å². The van der Waals surface area contributed by atoms with Crippen molar-refractivity contribution in [3.8, 4) is 5.75 Å². The molecule has 0 unspecified atom stereocenters. The summed E-state index contributed by atoms with van der Waals surface area (Å²) in [5.41, 5.74) is 2.68. The van der Waals surface area contributed by atoms with Crippen molar-refractivity contribution in [2.45, 2.75) is 11.8 Å². The molecule has 3 aromatic carbocycles. The first-order valence-corrected chi connectivity index (χ1v) is 10.4. The molecule has 1 N–H and O–H groups in total. The van der Waals surface area contributed by atoms with E-state index >= 15 is 0 Å². The third kappa shape index (κ3) is 5.33. The van der Waals surface area contributed by atoms with Crippen LogP contribution in [0.1, 0.15) is 21.5 Å². The minimum absolute atomic E-state index is 0.180. The normalized spacial score (nSPS) is 11.4. The summed E-state index contributed by atoms with van der Waals surface area (Å²) < 4.78 is 32.6. The number of rotatable bonds is 7. The van der Waals surface area contributed by atoms with Gasteiger partial charge in [0.05, 0.1) is 12.0 Å². The zero-order chi connectivity index (χ0) is 20.9. The molecule has 0 spiro atoms. The summed E-state index contributed by atoms with van der Waals surface area (Å²) in [6.07, 6.45) is 3.18. The van der Waals surface area contributed by atoms with Crippen LogP contribution in [0.2, 0.25) is 0 Å². The van der Waals surface area contributed by atoms with Crippen molar-refractivity contribution in [3.05, 3.63) is 95.6 Å². The van der Waals surface area contributed by atoms with Crippen molar-refractivity contribution in [1.82, 2.24) is 0 Å². The van der Waals surface area contributed by atoms with Gasteiger partial charge in [-0.2, -0.15) is 0 Å². The topological polar surface area (TPSA) is 72.5 Å². The molecule has 6 heteroatoms. The number of sulfonamides is 1. The molecule has 3 rings (SSSR count). The van der Waals surface area contributed by atoms with Crippen LogP contribution < -0.4 is 9.46 Å². The molecule has 0 fully saturated rings. The highest BCUT2D eigenvalue weighted by molar-refractivity contribution is 7.92. The van der Waals surface area contributed by atoms with Crippen LogP contribution in [0.3, 0.4) is 0 Å². The number of carbonyl (C=O) groups excluding carboxylic acids is 1. The number of aryl methyl sites for hydroxylation is 1. The standard InChI is InChI=1S/C23H21NO4S/c1-17-6-13-22(14-7-17)29(26,27)24-20-11-9-19(10-12-20)23(25)15-8-18-4-3-5-21(16-18)28-2/h3-16,24H,1-2H3/b15-8+. The van der Waals surface area contributed by atoms with E-state index in [-0.39, 0.29) is 10.7 Å². The number of benzene rings is 3. The molecule has 0 atom stereocenters. The molecule has 0 aliphatic heterocycles. The second kappa shape index (κ2) is 8.75. The Hall–Kier alpha value is -3.38. The Morgan fingerprint density at radius 1 is 0.966 bits per heavy atom. The quantitative estimate of drug-likeness (QED) is 0.455. The van der Waals surface area contributed by atoms with Gasteiger partial charge < -0.3 is 4.74 Å². The molecule has 0 saturated carbocycles. The van der Waals surface area contributed by atoms with Gasteiger partial charge in [-0.25, -0.2) is 8.42 Å². The van der Waals surface area contributed by atoms with Crippen molar-refractivity contribution in [2.24, 2.45) is 0 Å². The number of anilines is 1. The van der Waals surface area contributed by atoms with Crippen LogP contribution in [0.25, 0.3) is 6.08 Å². The van der Waals surface area contributed by atoms with E-state index in [0.29, 0.717) is 17.0 Å². The largest absolute Gasteiger partial charge is 0.497 e. The predicted molar refractivity (Wildman–Crippen MR) is 115 cm³/mol. The fraction of sp³-hybridized carbons (Fsp3) is 0.0870. The minimum atomic E-state index is -3.68. The average Bonchev–Trinajstić information content (AvgIpc) is 2.73. The van der Waals surface area contributed by atoms with Gasteiger partial charge in [-0.15, -0.1) is 0 Å². The Morgan fingerprint density at radius 3 is 2.31 bits per heavy atom. The molecule has 0 radical (unpaired) electrons. The van der Waals surface area contributed by atoms with E-state index in [2.05, 4.69) is 4.72 Å². The van der Waals surface area contributed by atoms with Crippen molar-refractivity contribution in [3.63, 3.8) is 0 Å². The number of hydrogen-bond donors (Lipinski definition) is 1. The molecular formula is C23H21NO4S. The summed E-state index contributed by atoms with van der Waals surface area (Å²) in [7, 11) is -2.09. The molecule has 0 aliphatic rings. The van der Waals surface area contributed by atoms with E-state index in [0.717, 1.165) is 11.1 Å². The Bertz CT molecular complexity index is 1130. The smallest absolute Gasteiger partial charge is 0.261 e. The van der Waals surface area contributed by atoms with Gasteiger partial charge in [0.1, 0.15) is 5.75 Å². The highest BCUT2D eigenvalue weighted by atomic mass is 32.2. The van der Waals surface area contributed by atoms with Gasteiger partial charge in [0.15, 0.2) is 5.78 Å². The Balaban J connectivity index is 1.70.